The molecule has 0 spiro atoms. The first-order chi connectivity index (χ1) is 15.3. The van der Waals surface area contributed by atoms with Crippen LogP contribution >= 0.6 is 14.3 Å². The van der Waals surface area contributed by atoms with Gasteiger partial charge in [-0.05, 0) is 39.1 Å². The van der Waals surface area contributed by atoms with E-state index in [-0.39, 0.29) is 40.7 Å². The van der Waals surface area contributed by atoms with Crippen molar-refractivity contribution in [3.05, 3.63) is 83.4 Å². The molecule has 2 aromatic rings. The molecular formula is C23H29F4NaO5P2. The zero-order chi connectivity index (χ0) is 26.8. The molecule has 12 heteroatoms. The quantitative estimate of drug-likeness (QED) is 0.190. The largest absolute Gasteiger partial charge is 1.00 e. The summed E-state index contributed by atoms with van der Waals surface area (Å²) < 4.78 is 78.8. The zero-order valence-electron chi connectivity index (χ0n) is 20.8. The molecule has 0 aliphatic carbocycles. The first kappa shape index (κ1) is 35.8. The molecule has 2 aromatic carbocycles. The summed E-state index contributed by atoms with van der Waals surface area (Å²) in [6.45, 7) is 7.77. The Kier molecular flexibility index (Phi) is 15.4. The molecule has 0 amide bonds. The van der Waals surface area contributed by atoms with E-state index < -0.39 is 37.9 Å². The molecule has 0 radical (unpaired) electrons. The van der Waals surface area contributed by atoms with Crippen molar-refractivity contribution in [3.8, 4) is 0 Å². The fourth-order valence-corrected chi connectivity index (χ4v) is 2.77. The second-order valence-electron chi connectivity index (χ2n) is 8.19. The van der Waals surface area contributed by atoms with Crippen LogP contribution in [0, 0.1) is 0 Å². The van der Waals surface area contributed by atoms with Gasteiger partial charge in [0.25, 0.3) is 5.92 Å². The van der Waals surface area contributed by atoms with Crippen molar-refractivity contribution in [1.82, 2.24) is 0 Å². The number of halogens is 4. The van der Waals surface area contributed by atoms with Crippen LogP contribution in [0.5, 0.6) is 0 Å². The van der Waals surface area contributed by atoms with E-state index >= 15 is 0 Å². The third-order valence-electron chi connectivity index (χ3n) is 3.45. The molecule has 5 nitrogen and oxygen atoms in total. The van der Waals surface area contributed by atoms with Crippen LogP contribution in [-0.4, -0.2) is 46.4 Å². The SMILES string of the molecule is COC(=O)C(F)(F)c1ccccc1.CP(C)(=O)/C=C(\[O-])C(F)(F)c1ccccc1.CP(C)(C)=O.[Na+]. The molecule has 0 aromatic heterocycles. The average Bonchev–Trinajstić information content (AvgIpc) is 2.72. The Balaban J connectivity index is 0. The summed E-state index contributed by atoms with van der Waals surface area (Å²) >= 11 is 0. The van der Waals surface area contributed by atoms with Crippen LogP contribution in [0.3, 0.4) is 0 Å². The Hall–Kier alpha value is -1.37. The van der Waals surface area contributed by atoms with Crippen molar-refractivity contribution in [2.24, 2.45) is 0 Å². The molecule has 0 aliphatic rings. The Bertz CT molecular complexity index is 1030. The first-order valence-electron chi connectivity index (χ1n) is 9.75. The predicted octanol–water partition coefficient (Wildman–Crippen LogP) is 2.80. The standard InChI is InChI=1S/C11H13F2O2P.C9H8F2O2.C3H9OP.Na/c1-16(2,15)8-10(14)11(12,13)9-6-4-3-5-7-9;1-13-8(12)9(10,11)7-5-3-2-4-6-7;1-5(2,3)4;/h3-8,14H,1-2H3;2-6H,1H3;1-3H3;/q;;;+1/p-1/b10-8-;;;. The maximum Gasteiger partial charge on any atom is 1.00 e. The summed E-state index contributed by atoms with van der Waals surface area (Å²) in [4.78, 5) is 10.7. The number of alkyl halides is 4. The van der Waals surface area contributed by atoms with Gasteiger partial charge in [-0.15, -0.1) is 0 Å². The van der Waals surface area contributed by atoms with Crippen LogP contribution in [0.25, 0.3) is 0 Å². The van der Waals surface area contributed by atoms with Crippen molar-refractivity contribution in [3.63, 3.8) is 0 Å². The third-order valence-corrected chi connectivity index (χ3v) is 4.31. The third kappa shape index (κ3) is 14.7. The Morgan fingerprint density at radius 3 is 1.40 bits per heavy atom. The Morgan fingerprint density at radius 1 is 0.800 bits per heavy atom. The van der Waals surface area contributed by atoms with Gasteiger partial charge in [0, 0.05) is 11.1 Å². The number of rotatable bonds is 5. The maximum absolute atomic E-state index is 13.6. The minimum absolute atomic E-state index is 0. The molecule has 190 valence electrons. The second kappa shape index (κ2) is 15.0. The van der Waals surface area contributed by atoms with Gasteiger partial charge in [0.2, 0.25) is 0 Å². The number of carbonyl (C=O) groups excluding carboxylic acids is 1. The van der Waals surface area contributed by atoms with Crippen LogP contribution in [-0.2, 0) is 30.5 Å². The van der Waals surface area contributed by atoms with Crippen LogP contribution < -0.4 is 34.7 Å². The van der Waals surface area contributed by atoms with Gasteiger partial charge >= 0.3 is 41.4 Å². The first-order valence-corrected chi connectivity index (χ1v) is 15.5. The Labute approximate surface area is 226 Å². The monoisotopic (exact) mass is 546 g/mol. The van der Waals surface area contributed by atoms with Gasteiger partial charge in [-0.25, -0.2) is 4.79 Å². The molecule has 0 atom stereocenters. The predicted molar refractivity (Wildman–Crippen MR) is 126 cm³/mol. The fraction of sp³-hybridized carbons (Fsp3) is 0.348. The summed E-state index contributed by atoms with van der Waals surface area (Å²) in [5, 5.41) is 11.3. The maximum atomic E-state index is 13.6. The van der Waals surface area contributed by atoms with E-state index in [9.17, 15) is 36.6 Å². The number of methoxy groups -OCH3 is 1. The number of esters is 1. The second-order valence-corrected chi connectivity index (χ2v) is 15.1. The molecule has 0 aliphatic heterocycles. The molecular weight excluding hydrogens is 517 g/mol. The molecule has 0 saturated carbocycles. The van der Waals surface area contributed by atoms with Crippen molar-refractivity contribution in [1.29, 1.82) is 0 Å². The van der Waals surface area contributed by atoms with Crippen molar-refractivity contribution in [2.75, 3.05) is 40.4 Å². The van der Waals surface area contributed by atoms with Gasteiger partial charge in [0.1, 0.15) is 7.14 Å². The summed E-state index contributed by atoms with van der Waals surface area (Å²) in [5.74, 6) is -9.50. The molecule has 0 heterocycles. The number of hydrogen-bond acceptors (Lipinski definition) is 5. The van der Waals surface area contributed by atoms with Crippen LogP contribution in [0.2, 0.25) is 0 Å². The van der Waals surface area contributed by atoms with Crippen molar-refractivity contribution >= 4 is 20.3 Å². The van der Waals surface area contributed by atoms with E-state index in [0.717, 1.165) is 7.11 Å². The Morgan fingerprint density at radius 2 is 1.11 bits per heavy atom. The molecule has 0 N–H and O–H groups in total. The van der Waals surface area contributed by atoms with E-state index in [0.29, 0.717) is 5.82 Å². The van der Waals surface area contributed by atoms with Gasteiger partial charge in [-0.3, -0.25) is 0 Å². The number of ether oxygens (including phenoxy) is 1. The van der Waals surface area contributed by atoms with E-state index in [1.807, 2.05) is 0 Å². The minimum Gasteiger partial charge on any atom is -0.871 e. The summed E-state index contributed by atoms with van der Waals surface area (Å²) in [6.07, 6.45) is 0. The zero-order valence-corrected chi connectivity index (χ0v) is 24.6. The van der Waals surface area contributed by atoms with Gasteiger partial charge < -0.3 is 19.0 Å². The molecule has 0 saturated heterocycles. The number of carbonyl (C=O) groups is 1. The molecule has 0 bridgehead atoms. The number of allylic oxidation sites excluding steroid dienone is 1. The summed E-state index contributed by atoms with van der Waals surface area (Å²) in [5.41, 5.74) is -0.744. The number of benzene rings is 2. The molecule has 0 fully saturated rings. The molecule has 35 heavy (non-hydrogen) atoms. The fourth-order valence-electron chi connectivity index (χ4n) is 2.05. The molecule has 2 rings (SSSR count). The van der Waals surface area contributed by atoms with Gasteiger partial charge in [0.15, 0.2) is 0 Å². The smallest absolute Gasteiger partial charge is 0.871 e. The van der Waals surface area contributed by atoms with Crippen molar-refractivity contribution in [2.45, 2.75) is 11.8 Å². The van der Waals surface area contributed by atoms with Gasteiger partial charge in [-0.2, -0.15) is 17.6 Å². The van der Waals surface area contributed by atoms with Crippen LogP contribution in [0.4, 0.5) is 17.6 Å². The molecule has 0 unspecified atom stereocenters. The average molecular weight is 546 g/mol. The van der Waals surface area contributed by atoms with E-state index in [1.165, 1.54) is 61.9 Å². The van der Waals surface area contributed by atoms with E-state index in [4.69, 9.17) is 0 Å². The van der Waals surface area contributed by atoms with E-state index in [2.05, 4.69) is 4.74 Å². The van der Waals surface area contributed by atoms with Crippen LogP contribution in [0.1, 0.15) is 11.1 Å². The summed E-state index contributed by atoms with van der Waals surface area (Å²) in [6, 6.07) is 13.6. The van der Waals surface area contributed by atoms with E-state index in [1.54, 1.807) is 32.1 Å². The summed E-state index contributed by atoms with van der Waals surface area (Å²) in [7, 11) is -3.60. The number of hydrogen-bond donors (Lipinski definition) is 0. The van der Waals surface area contributed by atoms with Gasteiger partial charge in [-0.1, -0.05) is 66.4 Å². The van der Waals surface area contributed by atoms with Crippen LogP contribution in [0.15, 0.2) is 72.2 Å². The topological polar surface area (TPSA) is 83.5 Å². The van der Waals surface area contributed by atoms with Crippen molar-refractivity contribution < 1.29 is 70.9 Å². The minimum atomic E-state index is -3.61. The normalized spacial score (nSPS) is 12.1. The van der Waals surface area contributed by atoms with Gasteiger partial charge in [0.05, 0.1) is 14.3 Å².